The molecule has 6 heteroatoms. The van der Waals surface area contributed by atoms with Crippen LogP contribution in [0.5, 0.6) is 11.5 Å². The molecule has 0 saturated carbocycles. The van der Waals surface area contributed by atoms with Crippen LogP contribution in [0.2, 0.25) is 0 Å². The third kappa shape index (κ3) is 3.63. The Morgan fingerprint density at radius 2 is 2.00 bits per heavy atom. The van der Waals surface area contributed by atoms with Crippen LogP contribution in [-0.2, 0) is 16.0 Å². The Kier molecular flexibility index (Phi) is 4.45. The van der Waals surface area contributed by atoms with Crippen molar-refractivity contribution >= 4 is 11.9 Å². The minimum atomic E-state index is -1.06. The van der Waals surface area contributed by atoms with Gasteiger partial charge in [-0.3, -0.25) is 4.79 Å². The third-order valence-electron chi connectivity index (χ3n) is 2.93. The lowest BCUT2D eigenvalue weighted by molar-refractivity contribution is -0.141. The zero-order valence-electron chi connectivity index (χ0n) is 11.2. The second kappa shape index (κ2) is 6.27. The van der Waals surface area contributed by atoms with Gasteiger partial charge in [-0.1, -0.05) is 6.07 Å². The Labute approximate surface area is 116 Å². The van der Waals surface area contributed by atoms with E-state index in [1.165, 1.54) is 6.92 Å². The Morgan fingerprint density at radius 1 is 1.30 bits per heavy atom. The number of aliphatic carboxylic acids is 1. The molecule has 2 rings (SSSR count). The van der Waals surface area contributed by atoms with Crippen LogP contribution in [0.3, 0.4) is 0 Å². The van der Waals surface area contributed by atoms with Gasteiger partial charge in [-0.05, 0) is 17.7 Å². The molecular formula is C14H17NO5. The summed E-state index contributed by atoms with van der Waals surface area (Å²) in [5.74, 6) is -0.149. The SMILES string of the molecule is CC(=O)NC(Cc1ccc2c(c1)OCCCO2)C(=O)O. The second-order valence-electron chi connectivity index (χ2n) is 4.63. The van der Waals surface area contributed by atoms with Gasteiger partial charge in [0, 0.05) is 19.8 Å². The molecule has 0 fully saturated rings. The fourth-order valence-electron chi connectivity index (χ4n) is 2.02. The number of rotatable bonds is 4. The van der Waals surface area contributed by atoms with Gasteiger partial charge in [-0.15, -0.1) is 0 Å². The van der Waals surface area contributed by atoms with E-state index in [1.807, 2.05) is 0 Å². The van der Waals surface area contributed by atoms with Gasteiger partial charge < -0.3 is 19.9 Å². The average Bonchev–Trinajstić information content (AvgIpc) is 2.62. The van der Waals surface area contributed by atoms with Gasteiger partial charge in [-0.2, -0.15) is 0 Å². The van der Waals surface area contributed by atoms with E-state index >= 15 is 0 Å². The molecule has 0 saturated heterocycles. The molecule has 2 N–H and O–H groups in total. The van der Waals surface area contributed by atoms with Crippen molar-refractivity contribution in [3.63, 3.8) is 0 Å². The largest absolute Gasteiger partial charge is 0.490 e. The van der Waals surface area contributed by atoms with Crippen LogP contribution in [-0.4, -0.2) is 36.2 Å². The van der Waals surface area contributed by atoms with Crippen LogP contribution in [0.1, 0.15) is 18.9 Å². The summed E-state index contributed by atoms with van der Waals surface area (Å²) >= 11 is 0. The van der Waals surface area contributed by atoms with E-state index in [9.17, 15) is 9.59 Å². The number of benzene rings is 1. The highest BCUT2D eigenvalue weighted by Gasteiger charge is 2.20. The smallest absolute Gasteiger partial charge is 0.326 e. The van der Waals surface area contributed by atoms with Gasteiger partial charge in [0.05, 0.1) is 13.2 Å². The van der Waals surface area contributed by atoms with Crippen LogP contribution < -0.4 is 14.8 Å². The van der Waals surface area contributed by atoms with Gasteiger partial charge in [0.15, 0.2) is 11.5 Å². The van der Waals surface area contributed by atoms with E-state index < -0.39 is 12.0 Å². The quantitative estimate of drug-likeness (QED) is 0.858. The van der Waals surface area contributed by atoms with E-state index in [-0.39, 0.29) is 12.3 Å². The Balaban J connectivity index is 2.14. The molecular weight excluding hydrogens is 262 g/mol. The maximum atomic E-state index is 11.1. The van der Waals surface area contributed by atoms with E-state index in [0.29, 0.717) is 24.7 Å². The maximum absolute atomic E-state index is 11.1. The average molecular weight is 279 g/mol. The minimum absolute atomic E-state index is 0.200. The molecule has 1 amide bonds. The Bertz CT molecular complexity index is 514. The normalized spacial score (nSPS) is 15.1. The third-order valence-corrected chi connectivity index (χ3v) is 2.93. The van der Waals surface area contributed by atoms with Crippen molar-refractivity contribution in [2.24, 2.45) is 0 Å². The number of carbonyl (C=O) groups excluding carboxylic acids is 1. The van der Waals surface area contributed by atoms with Crippen molar-refractivity contribution in [3.05, 3.63) is 23.8 Å². The molecule has 1 atom stereocenters. The first kappa shape index (κ1) is 14.2. The van der Waals surface area contributed by atoms with E-state index in [0.717, 1.165) is 12.0 Å². The van der Waals surface area contributed by atoms with Gasteiger partial charge in [0.25, 0.3) is 0 Å². The summed E-state index contributed by atoms with van der Waals surface area (Å²) < 4.78 is 11.1. The summed E-state index contributed by atoms with van der Waals surface area (Å²) in [6, 6.07) is 4.36. The lowest BCUT2D eigenvalue weighted by atomic mass is 10.1. The molecule has 1 aliphatic rings. The van der Waals surface area contributed by atoms with Gasteiger partial charge in [0.1, 0.15) is 6.04 Å². The fourth-order valence-corrected chi connectivity index (χ4v) is 2.02. The number of ether oxygens (including phenoxy) is 2. The number of carbonyl (C=O) groups is 2. The number of hydrogen-bond acceptors (Lipinski definition) is 4. The van der Waals surface area contributed by atoms with Crippen LogP contribution in [0.25, 0.3) is 0 Å². The van der Waals surface area contributed by atoms with E-state index in [1.54, 1.807) is 18.2 Å². The number of carboxylic acids is 1. The lowest BCUT2D eigenvalue weighted by Crippen LogP contribution is -2.41. The molecule has 1 heterocycles. The molecule has 20 heavy (non-hydrogen) atoms. The van der Waals surface area contributed by atoms with Crippen LogP contribution in [0.4, 0.5) is 0 Å². The standard InChI is InChI=1S/C14H17NO5/c1-9(16)15-11(14(17)18)7-10-3-4-12-13(8-10)20-6-2-5-19-12/h3-4,8,11H,2,5-7H2,1H3,(H,15,16)(H,17,18). The number of nitrogens with one attached hydrogen (secondary N) is 1. The van der Waals surface area contributed by atoms with Crippen molar-refractivity contribution in [1.82, 2.24) is 5.32 Å². The summed E-state index contributed by atoms with van der Waals surface area (Å²) in [6.45, 7) is 2.48. The van der Waals surface area contributed by atoms with Gasteiger partial charge in [-0.25, -0.2) is 4.79 Å². The molecule has 1 unspecified atom stereocenters. The van der Waals surface area contributed by atoms with Crippen molar-refractivity contribution in [2.45, 2.75) is 25.8 Å². The topological polar surface area (TPSA) is 84.9 Å². The first-order chi connectivity index (χ1) is 9.56. The first-order valence-electron chi connectivity index (χ1n) is 6.44. The predicted octanol–water partition coefficient (Wildman–Crippen LogP) is 0.980. The summed E-state index contributed by atoms with van der Waals surface area (Å²) in [5.41, 5.74) is 0.774. The van der Waals surface area contributed by atoms with Crippen molar-refractivity contribution < 1.29 is 24.2 Å². The number of carboxylic acid groups (broad SMARTS) is 1. The molecule has 1 aromatic rings. The summed E-state index contributed by atoms with van der Waals surface area (Å²) in [7, 11) is 0. The molecule has 1 aromatic carbocycles. The molecule has 0 aromatic heterocycles. The Morgan fingerprint density at radius 3 is 2.65 bits per heavy atom. The number of amides is 1. The highest BCUT2D eigenvalue weighted by molar-refractivity contribution is 5.82. The number of hydrogen-bond donors (Lipinski definition) is 2. The van der Waals surface area contributed by atoms with Crippen molar-refractivity contribution in [2.75, 3.05) is 13.2 Å². The van der Waals surface area contributed by atoms with E-state index in [2.05, 4.69) is 5.32 Å². The molecule has 0 spiro atoms. The number of fused-ring (bicyclic) bond motifs is 1. The van der Waals surface area contributed by atoms with Crippen LogP contribution >= 0.6 is 0 Å². The summed E-state index contributed by atoms with van der Waals surface area (Å²) in [6.07, 6.45) is 1.01. The van der Waals surface area contributed by atoms with Gasteiger partial charge in [0.2, 0.25) is 5.91 Å². The summed E-state index contributed by atoms with van der Waals surface area (Å²) in [5, 5.41) is 11.5. The lowest BCUT2D eigenvalue weighted by Gasteiger charge is -2.14. The summed E-state index contributed by atoms with van der Waals surface area (Å²) in [4.78, 5) is 22.1. The minimum Gasteiger partial charge on any atom is -0.490 e. The molecule has 6 nitrogen and oxygen atoms in total. The fraction of sp³-hybridized carbons (Fsp3) is 0.429. The molecule has 108 valence electrons. The molecule has 0 bridgehead atoms. The van der Waals surface area contributed by atoms with Gasteiger partial charge >= 0.3 is 5.97 Å². The zero-order chi connectivity index (χ0) is 14.5. The second-order valence-corrected chi connectivity index (χ2v) is 4.63. The molecule has 1 aliphatic heterocycles. The molecule has 0 radical (unpaired) electrons. The monoisotopic (exact) mass is 279 g/mol. The van der Waals surface area contributed by atoms with Crippen molar-refractivity contribution in [3.8, 4) is 11.5 Å². The van der Waals surface area contributed by atoms with Crippen molar-refractivity contribution in [1.29, 1.82) is 0 Å². The highest BCUT2D eigenvalue weighted by Crippen LogP contribution is 2.30. The predicted molar refractivity (Wildman–Crippen MR) is 71.0 cm³/mol. The van der Waals surface area contributed by atoms with Crippen LogP contribution in [0, 0.1) is 0 Å². The highest BCUT2D eigenvalue weighted by atomic mass is 16.5. The molecule has 0 aliphatic carbocycles. The van der Waals surface area contributed by atoms with Crippen LogP contribution in [0.15, 0.2) is 18.2 Å². The first-order valence-corrected chi connectivity index (χ1v) is 6.44. The zero-order valence-corrected chi connectivity index (χ0v) is 11.2. The Hall–Kier alpha value is -2.24. The maximum Gasteiger partial charge on any atom is 0.326 e. The van der Waals surface area contributed by atoms with E-state index in [4.69, 9.17) is 14.6 Å².